The lowest BCUT2D eigenvalue weighted by Gasteiger charge is -2.15. The maximum atomic E-state index is 11.9. The van der Waals surface area contributed by atoms with Crippen molar-refractivity contribution in [1.82, 2.24) is 10.9 Å². The second kappa shape index (κ2) is 7.73. The third-order valence-corrected chi connectivity index (χ3v) is 3.04. The number of ether oxygens (including phenoxy) is 1. The van der Waals surface area contributed by atoms with Crippen molar-refractivity contribution >= 4 is 17.5 Å². The molecule has 0 spiro atoms. The van der Waals surface area contributed by atoms with Gasteiger partial charge in [0.1, 0.15) is 5.75 Å². The van der Waals surface area contributed by atoms with Crippen LogP contribution in [0.5, 0.6) is 5.75 Å². The number of hydrazine groups is 1. The summed E-state index contributed by atoms with van der Waals surface area (Å²) in [4.78, 5) is 33.9. The van der Waals surface area contributed by atoms with E-state index in [1.54, 1.807) is 24.3 Å². The summed E-state index contributed by atoms with van der Waals surface area (Å²) in [5.41, 5.74) is 4.25. The summed E-state index contributed by atoms with van der Waals surface area (Å²) in [5, 5.41) is 10.7. The Morgan fingerprint density at radius 3 is 2.46 bits per heavy atom. The standard InChI is InChI=1S/C16H15N3O5/c1-11(24-14-8-3-2-4-9-14)15(20)17-18-16(21)12-6-5-7-13(10-12)19(22)23/h2-11H,1H3,(H,17,20)(H,18,21). The smallest absolute Gasteiger partial charge is 0.279 e. The van der Waals surface area contributed by atoms with E-state index in [9.17, 15) is 19.7 Å². The molecule has 0 aromatic heterocycles. The highest BCUT2D eigenvalue weighted by atomic mass is 16.6. The second-order valence-corrected chi connectivity index (χ2v) is 4.82. The lowest BCUT2D eigenvalue weighted by atomic mass is 10.2. The number of nitro benzene ring substituents is 1. The molecule has 8 nitrogen and oxygen atoms in total. The molecular weight excluding hydrogens is 314 g/mol. The molecular formula is C16H15N3O5. The van der Waals surface area contributed by atoms with E-state index < -0.39 is 22.8 Å². The van der Waals surface area contributed by atoms with E-state index in [-0.39, 0.29) is 11.3 Å². The minimum absolute atomic E-state index is 0.0566. The van der Waals surface area contributed by atoms with Gasteiger partial charge in [0.2, 0.25) is 0 Å². The van der Waals surface area contributed by atoms with E-state index in [0.717, 1.165) is 6.07 Å². The number of nitro groups is 1. The van der Waals surface area contributed by atoms with E-state index >= 15 is 0 Å². The summed E-state index contributed by atoms with van der Waals surface area (Å²) < 4.78 is 5.41. The molecule has 2 rings (SSSR count). The number of carbonyl (C=O) groups excluding carboxylic acids is 2. The highest BCUT2D eigenvalue weighted by Crippen LogP contribution is 2.13. The molecule has 0 aliphatic carbocycles. The molecule has 24 heavy (non-hydrogen) atoms. The van der Waals surface area contributed by atoms with Gasteiger partial charge in [0.15, 0.2) is 6.10 Å². The second-order valence-electron chi connectivity index (χ2n) is 4.82. The van der Waals surface area contributed by atoms with Gasteiger partial charge in [0, 0.05) is 17.7 Å². The lowest BCUT2D eigenvalue weighted by Crippen LogP contribution is -2.47. The first-order chi connectivity index (χ1) is 11.5. The summed E-state index contributed by atoms with van der Waals surface area (Å²) in [6.45, 7) is 1.53. The van der Waals surface area contributed by atoms with Crippen LogP contribution >= 0.6 is 0 Å². The molecule has 0 saturated carbocycles. The molecule has 0 aliphatic rings. The van der Waals surface area contributed by atoms with Gasteiger partial charge >= 0.3 is 0 Å². The van der Waals surface area contributed by atoms with Crippen molar-refractivity contribution < 1.29 is 19.2 Å². The van der Waals surface area contributed by atoms with Crippen LogP contribution in [0.15, 0.2) is 54.6 Å². The Morgan fingerprint density at radius 1 is 1.08 bits per heavy atom. The summed E-state index contributed by atoms with van der Waals surface area (Å²) in [6.07, 6.45) is -0.835. The normalized spacial score (nSPS) is 11.2. The molecule has 0 fully saturated rings. The van der Waals surface area contributed by atoms with Crippen LogP contribution in [0.2, 0.25) is 0 Å². The van der Waals surface area contributed by atoms with Gasteiger partial charge in [-0.05, 0) is 25.1 Å². The average Bonchev–Trinajstić information content (AvgIpc) is 2.60. The van der Waals surface area contributed by atoms with Crippen molar-refractivity contribution in [3.8, 4) is 5.75 Å². The van der Waals surface area contributed by atoms with Gasteiger partial charge < -0.3 is 4.74 Å². The van der Waals surface area contributed by atoms with E-state index in [1.807, 2.05) is 6.07 Å². The van der Waals surface area contributed by atoms with Gasteiger partial charge in [0.25, 0.3) is 17.5 Å². The van der Waals surface area contributed by atoms with Crippen molar-refractivity contribution in [2.45, 2.75) is 13.0 Å². The predicted octanol–water partition coefficient (Wildman–Crippen LogP) is 1.82. The Morgan fingerprint density at radius 2 is 1.79 bits per heavy atom. The Bertz CT molecular complexity index is 748. The van der Waals surface area contributed by atoms with Crippen LogP contribution in [0, 0.1) is 10.1 Å². The molecule has 2 N–H and O–H groups in total. The Kier molecular flexibility index (Phi) is 5.45. The van der Waals surface area contributed by atoms with Crippen molar-refractivity contribution in [2.75, 3.05) is 0 Å². The number of benzene rings is 2. The van der Waals surface area contributed by atoms with Gasteiger partial charge in [-0.3, -0.25) is 30.6 Å². The summed E-state index contributed by atoms with van der Waals surface area (Å²) in [6, 6.07) is 13.9. The predicted molar refractivity (Wildman–Crippen MR) is 85.2 cm³/mol. The molecule has 0 radical (unpaired) electrons. The number of nitrogens with zero attached hydrogens (tertiary/aromatic N) is 1. The first-order valence-corrected chi connectivity index (χ1v) is 7.03. The van der Waals surface area contributed by atoms with E-state index in [2.05, 4.69) is 10.9 Å². The van der Waals surface area contributed by atoms with Crippen molar-refractivity contribution in [3.05, 3.63) is 70.3 Å². The van der Waals surface area contributed by atoms with E-state index in [1.165, 1.54) is 25.1 Å². The number of hydrogen-bond acceptors (Lipinski definition) is 5. The van der Waals surface area contributed by atoms with Crippen molar-refractivity contribution in [3.63, 3.8) is 0 Å². The van der Waals surface area contributed by atoms with Crippen molar-refractivity contribution in [2.24, 2.45) is 0 Å². The van der Waals surface area contributed by atoms with Gasteiger partial charge in [-0.2, -0.15) is 0 Å². The molecule has 2 aromatic rings. The third-order valence-electron chi connectivity index (χ3n) is 3.04. The Hall–Kier alpha value is -3.42. The number of rotatable bonds is 5. The molecule has 8 heteroatoms. The average molecular weight is 329 g/mol. The highest BCUT2D eigenvalue weighted by molar-refractivity contribution is 5.96. The lowest BCUT2D eigenvalue weighted by molar-refractivity contribution is -0.384. The summed E-state index contributed by atoms with van der Waals surface area (Å²) >= 11 is 0. The molecule has 0 heterocycles. The zero-order chi connectivity index (χ0) is 17.5. The number of para-hydroxylation sites is 1. The number of carbonyl (C=O) groups is 2. The van der Waals surface area contributed by atoms with Crippen molar-refractivity contribution in [1.29, 1.82) is 0 Å². The van der Waals surface area contributed by atoms with Gasteiger partial charge in [0.05, 0.1) is 4.92 Å². The van der Waals surface area contributed by atoms with Crippen LogP contribution in [0.4, 0.5) is 5.69 Å². The molecule has 0 aliphatic heterocycles. The minimum atomic E-state index is -0.835. The third kappa shape index (κ3) is 4.54. The number of non-ortho nitro benzene ring substituents is 1. The molecule has 124 valence electrons. The SMILES string of the molecule is CC(Oc1ccccc1)C(=O)NNC(=O)c1cccc([N+](=O)[O-])c1. The fourth-order valence-corrected chi connectivity index (χ4v) is 1.81. The summed E-state index contributed by atoms with van der Waals surface area (Å²) in [7, 11) is 0. The zero-order valence-corrected chi connectivity index (χ0v) is 12.8. The molecule has 2 amide bonds. The fraction of sp³-hybridized carbons (Fsp3) is 0.125. The first-order valence-electron chi connectivity index (χ1n) is 7.03. The first kappa shape index (κ1) is 16.9. The molecule has 1 atom stereocenters. The van der Waals surface area contributed by atoms with Crippen LogP contribution in [0.3, 0.4) is 0 Å². The molecule has 0 saturated heterocycles. The maximum Gasteiger partial charge on any atom is 0.279 e. The molecule has 2 aromatic carbocycles. The van der Waals surface area contributed by atoms with E-state index in [4.69, 9.17) is 4.74 Å². The largest absolute Gasteiger partial charge is 0.481 e. The highest BCUT2D eigenvalue weighted by Gasteiger charge is 2.16. The monoisotopic (exact) mass is 329 g/mol. The molecule has 0 bridgehead atoms. The fourth-order valence-electron chi connectivity index (χ4n) is 1.81. The quantitative estimate of drug-likeness (QED) is 0.642. The number of nitrogens with one attached hydrogen (secondary N) is 2. The van der Waals surface area contributed by atoms with Crippen LogP contribution in [-0.2, 0) is 4.79 Å². The Labute approximate surface area is 137 Å². The molecule has 1 unspecified atom stereocenters. The van der Waals surface area contributed by atoms with Crippen LogP contribution in [0.1, 0.15) is 17.3 Å². The zero-order valence-electron chi connectivity index (χ0n) is 12.8. The van der Waals surface area contributed by atoms with Crippen LogP contribution < -0.4 is 15.6 Å². The van der Waals surface area contributed by atoms with Gasteiger partial charge in [-0.15, -0.1) is 0 Å². The van der Waals surface area contributed by atoms with E-state index in [0.29, 0.717) is 5.75 Å². The number of hydrogen-bond donors (Lipinski definition) is 2. The Balaban J connectivity index is 1.90. The minimum Gasteiger partial charge on any atom is -0.481 e. The van der Waals surface area contributed by atoms with Gasteiger partial charge in [-0.25, -0.2) is 0 Å². The maximum absolute atomic E-state index is 11.9. The van der Waals surface area contributed by atoms with Crippen LogP contribution in [-0.4, -0.2) is 22.8 Å². The van der Waals surface area contributed by atoms with Gasteiger partial charge in [-0.1, -0.05) is 24.3 Å². The number of amides is 2. The summed E-state index contributed by atoms with van der Waals surface area (Å²) in [5.74, 6) is -0.707. The topological polar surface area (TPSA) is 111 Å². The van der Waals surface area contributed by atoms with Crippen LogP contribution in [0.25, 0.3) is 0 Å².